The molecule has 0 aliphatic heterocycles. The fraction of sp³-hybridized carbons (Fsp3) is 0.154. The van der Waals surface area contributed by atoms with Gasteiger partial charge in [0.2, 0.25) is 0 Å². The molecule has 17 heavy (non-hydrogen) atoms. The zero-order valence-corrected chi connectivity index (χ0v) is 9.46. The van der Waals surface area contributed by atoms with Crippen LogP contribution in [0.4, 0.5) is 0 Å². The number of hydrogen-bond donors (Lipinski definition) is 1. The Hall–Kier alpha value is -2.23. The van der Waals surface area contributed by atoms with Crippen LogP contribution in [0.25, 0.3) is 0 Å². The topological polar surface area (TPSA) is 53.7 Å². The molecule has 88 valence electrons. The molecule has 0 aliphatic rings. The van der Waals surface area contributed by atoms with Crippen molar-refractivity contribution < 1.29 is 14.3 Å². The molecule has 0 saturated heterocycles. The maximum Gasteiger partial charge on any atom is 0.254 e. The molecule has 1 aromatic carbocycles. The minimum absolute atomic E-state index is 0.0854. The highest BCUT2D eigenvalue weighted by Crippen LogP contribution is 2.14. The predicted octanol–water partition coefficient (Wildman–Crippen LogP) is 2.26. The summed E-state index contributed by atoms with van der Waals surface area (Å²) in [7, 11) is 1.69. The molecule has 0 saturated carbocycles. The maximum absolute atomic E-state index is 12.0. The van der Waals surface area contributed by atoms with Gasteiger partial charge in [-0.1, -0.05) is 6.07 Å². The Bertz CT molecular complexity index is 505. The second-order valence-corrected chi connectivity index (χ2v) is 3.79. The number of rotatable bonds is 3. The molecular formula is C13H13NO3. The molecule has 0 fully saturated rings. The number of furan rings is 1. The Morgan fingerprint density at radius 1 is 1.35 bits per heavy atom. The predicted molar refractivity (Wildman–Crippen MR) is 62.6 cm³/mol. The van der Waals surface area contributed by atoms with Crippen molar-refractivity contribution in [1.82, 2.24) is 4.90 Å². The molecule has 2 aromatic rings. The molecule has 0 aliphatic carbocycles. The number of hydrogen-bond acceptors (Lipinski definition) is 3. The van der Waals surface area contributed by atoms with Gasteiger partial charge in [-0.15, -0.1) is 0 Å². The Balaban J connectivity index is 2.09. The number of amides is 1. The molecule has 1 heterocycles. The molecule has 1 N–H and O–H groups in total. The van der Waals surface area contributed by atoms with E-state index in [1.54, 1.807) is 31.5 Å². The van der Waals surface area contributed by atoms with Gasteiger partial charge in [-0.05, 0) is 30.3 Å². The summed E-state index contributed by atoms with van der Waals surface area (Å²) in [4.78, 5) is 13.5. The van der Waals surface area contributed by atoms with Gasteiger partial charge < -0.3 is 14.4 Å². The van der Waals surface area contributed by atoms with Gasteiger partial charge in [-0.25, -0.2) is 0 Å². The quantitative estimate of drug-likeness (QED) is 0.881. The van der Waals surface area contributed by atoms with Crippen LogP contribution in [0, 0.1) is 0 Å². The highest BCUT2D eigenvalue weighted by molar-refractivity contribution is 5.94. The number of nitrogens with zero attached hydrogens (tertiary/aromatic N) is 1. The van der Waals surface area contributed by atoms with E-state index in [1.165, 1.54) is 17.0 Å². The van der Waals surface area contributed by atoms with E-state index in [0.29, 0.717) is 12.1 Å². The summed E-state index contributed by atoms with van der Waals surface area (Å²) in [5, 5.41) is 9.31. The minimum Gasteiger partial charge on any atom is -0.508 e. The molecule has 0 atom stereocenters. The van der Waals surface area contributed by atoms with Crippen LogP contribution in [0.5, 0.6) is 5.75 Å². The van der Waals surface area contributed by atoms with E-state index in [1.807, 2.05) is 6.07 Å². The second kappa shape index (κ2) is 4.74. The number of phenols is 1. The van der Waals surface area contributed by atoms with E-state index in [-0.39, 0.29) is 11.7 Å². The van der Waals surface area contributed by atoms with Gasteiger partial charge in [0.25, 0.3) is 5.91 Å². The Morgan fingerprint density at radius 2 is 2.18 bits per heavy atom. The SMILES string of the molecule is CN(Cc1ccco1)C(=O)c1cccc(O)c1. The fourth-order valence-electron chi connectivity index (χ4n) is 1.57. The highest BCUT2D eigenvalue weighted by atomic mass is 16.3. The summed E-state index contributed by atoms with van der Waals surface area (Å²) in [6.07, 6.45) is 1.57. The van der Waals surface area contributed by atoms with E-state index in [2.05, 4.69) is 0 Å². The monoisotopic (exact) mass is 231 g/mol. The lowest BCUT2D eigenvalue weighted by atomic mass is 10.2. The summed E-state index contributed by atoms with van der Waals surface area (Å²) in [5.41, 5.74) is 0.457. The molecule has 0 radical (unpaired) electrons. The van der Waals surface area contributed by atoms with Gasteiger partial charge in [0.05, 0.1) is 12.8 Å². The number of aromatic hydroxyl groups is 1. The van der Waals surface area contributed by atoms with Crippen molar-refractivity contribution in [2.45, 2.75) is 6.54 Å². The zero-order chi connectivity index (χ0) is 12.3. The molecule has 0 spiro atoms. The summed E-state index contributed by atoms with van der Waals surface area (Å²) >= 11 is 0. The van der Waals surface area contributed by atoms with Gasteiger partial charge in [0.1, 0.15) is 11.5 Å². The lowest BCUT2D eigenvalue weighted by Crippen LogP contribution is -2.25. The third-order valence-corrected chi connectivity index (χ3v) is 2.41. The Morgan fingerprint density at radius 3 is 2.82 bits per heavy atom. The van der Waals surface area contributed by atoms with Crippen LogP contribution in [0.15, 0.2) is 47.1 Å². The van der Waals surface area contributed by atoms with Gasteiger partial charge in [-0.3, -0.25) is 4.79 Å². The number of carbonyl (C=O) groups excluding carboxylic acids is 1. The van der Waals surface area contributed by atoms with Gasteiger partial charge in [-0.2, -0.15) is 0 Å². The maximum atomic E-state index is 12.0. The van der Waals surface area contributed by atoms with Gasteiger partial charge >= 0.3 is 0 Å². The first-order valence-corrected chi connectivity index (χ1v) is 5.23. The van der Waals surface area contributed by atoms with Gasteiger partial charge in [0.15, 0.2) is 0 Å². The lowest BCUT2D eigenvalue weighted by molar-refractivity contribution is 0.0775. The highest BCUT2D eigenvalue weighted by Gasteiger charge is 2.13. The number of carbonyl (C=O) groups is 1. The van der Waals surface area contributed by atoms with Crippen molar-refractivity contribution in [1.29, 1.82) is 0 Å². The van der Waals surface area contributed by atoms with Crippen LogP contribution in [0.1, 0.15) is 16.1 Å². The first-order chi connectivity index (χ1) is 8.16. The van der Waals surface area contributed by atoms with E-state index in [9.17, 15) is 9.90 Å². The fourth-order valence-corrected chi connectivity index (χ4v) is 1.57. The molecule has 2 rings (SSSR count). The standard InChI is InChI=1S/C13H13NO3/c1-14(9-12-6-3-7-17-12)13(16)10-4-2-5-11(15)8-10/h2-8,15H,9H2,1H3. The lowest BCUT2D eigenvalue weighted by Gasteiger charge is -2.15. The van der Waals surface area contributed by atoms with Crippen LogP contribution < -0.4 is 0 Å². The first-order valence-electron chi connectivity index (χ1n) is 5.23. The molecule has 1 aromatic heterocycles. The van der Waals surface area contributed by atoms with Gasteiger partial charge in [0, 0.05) is 12.6 Å². The van der Waals surface area contributed by atoms with Crippen LogP contribution in [0.3, 0.4) is 0 Å². The molecule has 1 amide bonds. The van der Waals surface area contributed by atoms with Crippen LogP contribution >= 0.6 is 0 Å². The third kappa shape index (κ3) is 2.66. The number of benzene rings is 1. The first kappa shape index (κ1) is 11.3. The third-order valence-electron chi connectivity index (χ3n) is 2.41. The van der Waals surface area contributed by atoms with Crippen molar-refractivity contribution >= 4 is 5.91 Å². The number of phenolic OH excluding ortho intramolecular Hbond substituents is 1. The largest absolute Gasteiger partial charge is 0.508 e. The second-order valence-electron chi connectivity index (χ2n) is 3.79. The molecular weight excluding hydrogens is 218 g/mol. The average molecular weight is 231 g/mol. The van der Waals surface area contributed by atoms with Crippen molar-refractivity contribution in [3.63, 3.8) is 0 Å². The van der Waals surface area contributed by atoms with Crippen LogP contribution in [-0.2, 0) is 6.54 Å². The molecule has 4 nitrogen and oxygen atoms in total. The minimum atomic E-state index is -0.155. The Kier molecular flexibility index (Phi) is 3.14. The average Bonchev–Trinajstić information content (AvgIpc) is 2.80. The molecule has 0 unspecified atom stereocenters. The smallest absolute Gasteiger partial charge is 0.254 e. The van der Waals surface area contributed by atoms with Crippen molar-refractivity contribution in [3.8, 4) is 5.75 Å². The molecule has 0 bridgehead atoms. The summed E-state index contributed by atoms with van der Waals surface area (Å²) in [6, 6.07) is 9.88. The summed E-state index contributed by atoms with van der Waals surface area (Å²) in [6.45, 7) is 0.404. The van der Waals surface area contributed by atoms with E-state index in [0.717, 1.165) is 5.76 Å². The van der Waals surface area contributed by atoms with Crippen molar-refractivity contribution in [2.24, 2.45) is 0 Å². The Labute approximate surface area is 99.1 Å². The molecule has 4 heteroatoms. The van der Waals surface area contributed by atoms with E-state index in [4.69, 9.17) is 4.42 Å². The van der Waals surface area contributed by atoms with E-state index < -0.39 is 0 Å². The van der Waals surface area contributed by atoms with Crippen LogP contribution in [-0.4, -0.2) is 23.0 Å². The van der Waals surface area contributed by atoms with Crippen molar-refractivity contribution in [3.05, 3.63) is 54.0 Å². The summed E-state index contributed by atoms with van der Waals surface area (Å²) in [5.74, 6) is 0.653. The zero-order valence-electron chi connectivity index (χ0n) is 9.46. The summed E-state index contributed by atoms with van der Waals surface area (Å²) < 4.78 is 5.17. The van der Waals surface area contributed by atoms with Crippen molar-refractivity contribution in [2.75, 3.05) is 7.05 Å². The normalized spacial score (nSPS) is 10.2. The van der Waals surface area contributed by atoms with Crippen LogP contribution in [0.2, 0.25) is 0 Å². The van der Waals surface area contributed by atoms with E-state index >= 15 is 0 Å².